The molecule has 4 rings (SSSR count). The van der Waals surface area contributed by atoms with Gasteiger partial charge >= 0.3 is 12.1 Å². The molecule has 4 unspecified atom stereocenters. The van der Waals surface area contributed by atoms with Crippen LogP contribution in [-0.4, -0.2) is 138 Å². The van der Waals surface area contributed by atoms with Gasteiger partial charge in [0.25, 0.3) is 0 Å². The van der Waals surface area contributed by atoms with Gasteiger partial charge in [-0.1, -0.05) is 52.3 Å². The van der Waals surface area contributed by atoms with Gasteiger partial charge in [0.1, 0.15) is 18.7 Å². The number of carboxylic acid groups (broad SMARTS) is 1. The normalized spacial score (nSPS) is 18.9. The average molecular weight is 996 g/mol. The molecule has 1 fully saturated rings. The molecule has 2 aliphatic rings. The molecule has 71 heavy (non-hydrogen) atoms. The van der Waals surface area contributed by atoms with E-state index in [2.05, 4.69) is 44.1 Å². The number of hydrogen-bond donors (Lipinski definition) is 8. The Balaban J connectivity index is 1.16. The van der Waals surface area contributed by atoms with E-state index in [1.165, 1.54) is 0 Å². The topological polar surface area (TPSA) is 287 Å². The SMILES string of the molecule is CNC(=O)C1(C)CCC[C@]2(C)c3cc(NC(=O)C(CCC(=O)O)NC(=O)OCc4ccc(NC(=O)CNC(=O)C(NC(=O)CCOCCOCCOCCOCCNC=O)C(C)C)cc4)ccc3CCC12. The summed E-state index contributed by atoms with van der Waals surface area (Å²) in [5.74, 6) is -3.35. The summed E-state index contributed by atoms with van der Waals surface area (Å²) in [5, 5.41) is 28.1. The third-order valence-electron chi connectivity index (χ3n) is 13.0. The van der Waals surface area contributed by atoms with Crippen molar-refractivity contribution in [3.8, 4) is 0 Å². The number of anilines is 2. The maximum absolute atomic E-state index is 13.6. The van der Waals surface area contributed by atoms with Crippen molar-refractivity contribution in [2.24, 2.45) is 17.3 Å². The number of aliphatic carboxylic acids is 1. The van der Waals surface area contributed by atoms with Gasteiger partial charge in [-0.05, 0) is 90.3 Å². The van der Waals surface area contributed by atoms with E-state index in [4.69, 9.17) is 23.7 Å². The maximum atomic E-state index is 13.6. The second-order valence-corrected chi connectivity index (χ2v) is 18.4. The lowest BCUT2D eigenvalue weighted by atomic mass is 9.49. The molecule has 5 atom stereocenters. The second kappa shape index (κ2) is 29.2. The Morgan fingerprint density at radius 2 is 1.42 bits per heavy atom. The van der Waals surface area contributed by atoms with E-state index in [1.54, 1.807) is 51.2 Å². The quantitative estimate of drug-likeness (QED) is 0.0399. The molecule has 2 aromatic carbocycles. The van der Waals surface area contributed by atoms with Gasteiger partial charge in [-0.25, -0.2) is 4.79 Å². The molecule has 0 radical (unpaired) electrons. The van der Waals surface area contributed by atoms with E-state index >= 15 is 0 Å². The van der Waals surface area contributed by atoms with E-state index in [-0.39, 0.29) is 68.8 Å². The first kappa shape index (κ1) is 57.4. The summed E-state index contributed by atoms with van der Waals surface area (Å²) in [6.45, 7) is 10.3. The standard InChI is InChI=1S/C50H73N7O14/c1-33(2)44(57-41(59)17-21-67-23-25-69-27-28-70-26-24-68-22-20-52-32-58)46(64)53-30-42(60)54-36-11-7-34(8-12-36)31-71-48(66)56-39(14-16-43(61)62)45(63)55-37-13-9-35-10-15-40-49(3,38(35)29-37)18-6-19-50(40,4)47(65)51-5/h7-9,11-13,29,32-33,39-40,44H,6,10,14-28,30-31H2,1-5H3,(H,51,65)(H,52,58)(H,53,64)(H,54,60)(H,55,63)(H,56,66)(H,57,59)(H,61,62)/t39?,40?,44?,49-,50?/m1/s1. The van der Waals surface area contributed by atoms with Gasteiger partial charge < -0.3 is 66.0 Å². The highest BCUT2D eigenvalue weighted by atomic mass is 16.6. The predicted molar refractivity (Wildman–Crippen MR) is 261 cm³/mol. The molecule has 7 amide bonds. The van der Waals surface area contributed by atoms with Crippen LogP contribution in [0.1, 0.15) is 89.3 Å². The molecule has 0 saturated heterocycles. The predicted octanol–water partition coefficient (Wildman–Crippen LogP) is 2.94. The van der Waals surface area contributed by atoms with E-state index < -0.39 is 53.2 Å². The fraction of sp³-hybridized carbons (Fsp3) is 0.600. The summed E-state index contributed by atoms with van der Waals surface area (Å²) in [5.41, 5.74) is 2.84. The summed E-state index contributed by atoms with van der Waals surface area (Å²) in [6.07, 6.45) is 3.34. The van der Waals surface area contributed by atoms with Crippen molar-refractivity contribution in [1.29, 1.82) is 0 Å². The number of benzene rings is 2. The first-order chi connectivity index (χ1) is 34.0. The van der Waals surface area contributed by atoms with E-state index in [0.717, 1.165) is 43.2 Å². The molecule has 0 spiro atoms. The summed E-state index contributed by atoms with van der Waals surface area (Å²) >= 11 is 0. The van der Waals surface area contributed by atoms with Gasteiger partial charge in [0.05, 0.1) is 64.8 Å². The van der Waals surface area contributed by atoms with Crippen LogP contribution in [0.2, 0.25) is 0 Å². The second-order valence-electron chi connectivity index (χ2n) is 18.4. The average Bonchev–Trinajstić information content (AvgIpc) is 3.34. The molecule has 2 aromatic rings. The summed E-state index contributed by atoms with van der Waals surface area (Å²) in [6, 6.07) is 9.95. The molecule has 392 valence electrons. The molecule has 0 aromatic heterocycles. The summed E-state index contributed by atoms with van der Waals surface area (Å²) in [4.78, 5) is 99.7. The minimum atomic E-state index is -1.23. The third kappa shape index (κ3) is 18.2. The Labute approximate surface area is 415 Å². The van der Waals surface area contributed by atoms with E-state index in [0.29, 0.717) is 69.5 Å². The van der Waals surface area contributed by atoms with Crippen LogP contribution in [0, 0.1) is 17.3 Å². The Kier molecular flexibility index (Phi) is 23.7. The van der Waals surface area contributed by atoms with Crippen LogP contribution in [0.25, 0.3) is 0 Å². The highest BCUT2D eigenvalue weighted by Crippen LogP contribution is 2.57. The number of fused-ring (bicyclic) bond motifs is 3. The molecule has 21 nitrogen and oxygen atoms in total. The number of ether oxygens (including phenoxy) is 5. The van der Waals surface area contributed by atoms with Crippen LogP contribution in [0.4, 0.5) is 16.2 Å². The zero-order valence-electron chi connectivity index (χ0n) is 41.6. The smallest absolute Gasteiger partial charge is 0.408 e. The third-order valence-corrected chi connectivity index (χ3v) is 13.0. The van der Waals surface area contributed by atoms with Crippen LogP contribution in [-0.2, 0) is 75.7 Å². The largest absolute Gasteiger partial charge is 0.481 e. The van der Waals surface area contributed by atoms with Gasteiger partial charge in [-0.2, -0.15) is 0 Å². The van der Waals surface area contributed by atoms with Crippen molar-refractivity contribution in [3.63, 3.8) is 0 Å². The van der Waals surface area contributed by atoms with Crippen molar-refractivity contribution in [2.45, 2.75) is 103 Å². The van der Waals surface area contributed by atoms with Gasteiger partial charge in [-0.3, -0.25) is 33.6 Å². The summed E-state index contributed by atoms with van der Waals surface area (Å²) < 4.78 is 26.9. The first-order valence-corrected chi connectivity index (χ1v) is 24.3. The van der Waals surface area contributed by atoms with Gasteiger partial charge in [0.2, 0.25) is 35.9 Å². The summed E-state index contributed by atoms with van der Waals surface area (Å²) in [7, 11) is 1.67. The van der Waals surface area contributed by atoms with Crippen molar-refractivity contribution in [2.75, 3.05) is 83.6 Å². The van der Waals surface area contributed by atoms with Crippen LogP contribution in [0.15, 0.2) is 42.5 Å². The Morgan fingerprint density at radius 1 is 0.775 bits per heavy atom. The van der Waals surface area contributed by atoms with Gasteiger partial charge in [0.15, 0.2) is 0 Å². The monoisotopic (exact) mass is 996 g/mol. The van der Waals surface area contributed by atoms with Crippen molar-refractivity contribution in [3.05, 3.63) is 59.2 Å². The number of nitrogens with one attached hydrogen (secondary N) is 7. The van der Waals surface area contributed by atoms with Crippen molar-refractivity contribution >= 4 is 59.4 Å². The highest BCUT2D eigenvalue weighted by Gasteiger charge is 2.54. The highest BCUT2D eigenvalue weighted by molar-refractivity contribution is 5.97. The van der Waals surface area contributed by atoms with Crippen molar-refractivity contribution < 1.29 is 67.1 Å². The Morgan fingerprint density at radius 3 is 2.06 bits per heavy atom. The number of amides is 7. The Hall–Kier alpha value is -6.16. The Bertz CT molecular complexity index is 2110. The lowest BCUT2D eigenvalue weighted by molar-refractivity contribution is -0.138. The van der Waals surface area contributed by atoms with Crippen LogP contribution in [0.5, 0.6) is 0 Å². The van der Waals surface area contributed by atoms with Gasteiger partial charge in [-0.15, -0.1) is 0 Å². The molecule has 0 heterocycles. The molecule has 2 aliphatic carbocycles. The first-order valence-electron chi connectivity index (χ1n) is 24.3. The molecule has 1 saturated carbocycles. The molecule has 21 heteroatoms. The van der Waals surface area contributed by atoms with Crippen molar-refractivity contribution in [1.82, 2.24) is 26.6 Å². The van der Waals surface area contributed by atoms with Crippen LogP contribution < -0.4 is 37.2 Å². The lowest BCUT2D eigenvalue weighted by Gasteiger charge is -2.54. The number of carbonyl (C=O) groups excluding carboxylic acids is 7. The molecule has 0 aliphatic heterocycles. The number of carbonyl (C=O) groups is 8. The van der Waals surface area contributed by atoms with E-state index in [1.807, 2.05) is 19.1 Å². The molecule has 8 N–H and O–H groups in total. The number of rotatable bonds is 31. The minimum absolute atomic E-state index is 0.0129. The van der Waals surface area contributed by atoms with Crippen LogP contribution >= 0.6 is 0 Å². The number of aryl methyl sites for hydroxylation is 1. The molecule has 0 bridgehead atoms. The maximum Gasteiger partial charge on any atom is 0.408 e. The molecular weight excluding hydrogens is 923 g/mol. The number of carboxylic acids is 1. The lowest BCUT2D eigenvalue weighted by Crippen LogP contribution is -2.54. The van der Waals surface area contributed by atoms with E-state index in [9.17, 15) is 43.5 Å². The fourth-order valence-corrected chi connectivity index (χ4v) is 9.26. The zero-order chi connectivity index (χ0) is 51.8. The molecular formula is C50H73N7O14. The number of alkyl carbamates (subject to hydrolysis) is 1. The van der Waals surface area contributed by atoms with Gasteiger partial charge in [0, 0.05) is 37.8 Å². The van der Waals surface area contributed by atoms with Crippen LogP contribution in [0.3, 0.4) is 0 Å². The minimum Gasteiger partial charge on any atom is -0.481 e. The fourth-order valence-electron chi connectivity index (χ4n) is 9.26. The zero-order valence-corrected chi connectivity index (χ0v) is 41.6. The number of hydrogen-bond acceptors (Lipinski definition) is 13.